The minimum Gasteiger partial charge on any atom is -0.504 e. The minimum atomic E-state index is -0.918. The molecule has 2 aromatic rings. The van der Waals surface area contributed by atoms with Gasteiger partial charge in [-0.15, -0.1) is 0 Å². The Hall–Kier alpha value is -3.35. The van der Waals surface area contributed by atoms with Gasteiger partial charge < -0.3 is 15.2 Å². The summed E-state index contributed by atoms with van der Waals surface area (Å²) in [6, 6.07) is 12.0. The average molecular weight is 341 g/mol. The Morgan fingerprint density at radius 1 is 1.16 bits per heavy atom. The highest BCUT2D eigenvalue weighted by Crippen LogP contribution is 2.27. The van der Waals surface area contributed by atoms with Gasteiger partial charge in [-0.1, -0.05) is 25.1 Å². The molecule has 0 aliphatic rings. The number of aromatic hydroxyl groups is 1. The van der Waals surface area contributed by atoms with Crippen LogP contribution in [0.4, 0.5) is 5.69 Å². The van der Waals surface area contributed by atoms with E-state index in [1.54, 1.807) is 30.3 Å². The van der Waals surface area contributed by atoms with Crippen molar-refractivity contribution in [2.75, 3.05) is 12.4 Å². The van der Waals surface area contributed by atoms with E-state index in [0.717, 1.165) is 12.0 Å². The van der Waals surface area contributed by atoms with Crippen LogP contribution in [0, 0.1) is 0 Å². The van der Waals surface area contributed by atoms with Crippen LogP contribution < -0.4 is 15.5 Å². The van der Waals surface area contributed by atoms with Gasteiger partial charge in [0.2, 0.25) is 0 Å². The molecule has 7 nitrogen and oxygen atoms in total. The van der Waals surface area contributed by atoms with E-state index in [4.69, 9.17) is 4.74 Å². The Morgan fingerprint density at radius 3 is 2.52 bits per heavy atom. The lowest BCUT2D eigenvalue weighted by Crippen LogP contribution is -2.32. The average Bonchev–Trinajstić information content (AvgIpc) is 2.63. The molecular weight excluding hydrogens is 322 g/mol. The van der Waals surface area contributed by atoms with Gasteiger partial charge in [0.25, 0.3) is 0 Å². The number of amides is 2. The molecule has 0 saturated heterocycles. The third kappa shape index (κ3) is 4.81. The van der Waals surface area contributed by atoms with Gasteiger partial charge in [-0.3, -0.25) is 9.59 Å². The molecule has 0 heterocycles. The van der Waals surface area contributed by atoms with Crippen molar-refractivity contribution in [3.05, 3.63) is 53.6 Å². The van der Waals surface area contributed by atoms with Gasteiger partial charge >= 0.3 is 11.8 Å². The maximum Gasteiger partial charge on any atom is 0.329 e. The molecule has 0 unspecified atom stereocenters. The summed E-state index contributed by atoms with van der Waals surface area (Å²) in [6.45, 7) is 2.03. The predicted octanol–water partition coefficient (Wildman–Crippen LogP) is 2.05. The van der Waals surface area contributed by atoms with Crippen molar-refractivity contribution >= 4 is 23.7 Å². The van der Waals surface area contributed by atoms with E-state index in [9.17, 15) is 14.7 Å². The third-order valence-corrected chi connectivity index (χ3v) is 3.45. The number of aryl methyl sites for hydroxylation is 1. The van der Waals surface area contributed by atoms with E-state index >= 15 is 0 Å². The molecule has 0 bridgehead atoms. The second-order valence-electron chi connectivity index (χ2n) is 5.10. The lowest BCUT2D eigenvalue weighted by Gasteiger charge is -2.06. The normalized spacial score (nSPS) is 10.5. The van der Waals surface area contributed by atoms with Crippen LogP contribution in [0.1, 0.15) is 18.1 Å². The second-order valence-corrected chi connectivity index (χ2v) is 5.10. The Balaban J connectivity index is 1.93. The van der Waals surface area contributed by atoms with Crippen LogP contribution in [0.5, 0.6) is 11.5 Å². The number of phenols is 1. The first kappa shape index (κ1) is 18.0. The van der Waals surface area contributed by atoms with Crippen LogP contribution in [0.15, 0.2) is 47.6 Å². The van der Waals surface area contributed by atoms with Crippen molar-refractivity contribution in [3.63, 3.8) is 0 Å². The lowest BCUT2D eigenvalue weighted by atomic mass is 10.1. The topological polar surface area (TPSA) is 100 Å². The van der Waals surface area contributed by atoms with E-state index in [1.165, 1.54) is 13.3 Å². The number of methoxy groups -OCH3 is 1. The number of benzene rings is 2. The number of phenolic OH excluding ortho intramolecular Hbond substituents is 1. The molecule has 25 heavy (non-hydrogen) atoms. The quantitative estimate of drug-likeness (QED) is 0.440. The highest BCUT2D eigenvalue weighted by atomic mass is 16.5. The maximum atomic E-state index is 11.8. The Bertz CT molecular complexity index is 785. The fourth-order valence-electron chi connectivity index (χ4n) is 2.03. The molecule has 0 aromatic heterocycles. The summed E-state index contributed by atoms with van der Waals surface area (Å²) in [6.07, 6.45) is 2.11. The summed E-state index contributed by atoms with van der Waals surface area (Å²) < 4.78 is 4.97. The molecule has 0 aliphatic carbocycles. The van der Waals surface area contributed by atoms with E-state index in [0.29, 0.717) is 11.3 Å². The zero-order chi connectivity index (χ0) is 18.2. The number of hydrazone groups is 1. The van der Waals surface area contributed by atoms with E-state index in [-0.39, 0.29) is 11.5 Å². The van der Waals surface area contributed by atoms with Gasteiger partial charge in [-0.2, -0.15) is 5.10 Å². The van der Waals surface area contributed by atoms with E-state index < -0.39 is 11.8 Å². The standard InChI is InChI=1S/C18H19N3O4/c1-3-12-7-9-14(10-8-12)20-17(23)18(24)21-19-11-13-5-4-6-15(25-2)16(13)22/h4-11,22H,3H2,1-2H3,(H,20,23)(H,21,24). The maximum absolute atomic E-state index is 11.8. The Kier molecular flexibility index (Phi) is 6.11. The fraction of sp³-hybridized carbons (Fsp3) is 0.167. The van der Waals surface area contributed by atoms with Crippen LogP contribution in [-0.2, 0) is 16.0 Å². The zero-order valence-corrected chi connectivity index (χ0v) is 13.9. The first-order valence-electron chi connectivity index (χ1n) is 7.64. The summed E-state index contributed by atoms with van der Waals surface area (Å²) in [7, 11) is 1.43. The molecule has 0 saturated carbocycles. The van der Waals surface area contributed by atoms with Crippen molar-refractivity contribution in [2.24, 2.45) is 5.10 Å². The number of anilines is 1. The molecule has 2 amide bonds. The Labute approximate surface area is 145 Å². The van der Waals surface area contributed by atoms with Gasteiger partial charge in [0.05, 0.1) is 13.3 Å². The SMILES string of the molecule is CCc1ccc(NC(=O)C(=O)NN=Cc2cccc(OC)c2O)cc1. The van der Waals surface area contributed by atoms with Crippen LogP contribution >= 0.6 is 0 Å². The second kappa shape index (κ2) is 8.49. The van der Waals surface area contributed by atoms with Crippen LogP contribution in [-0.4, -0.2) is 30.2 Å². The monoisotopic (exact) mass is 341 g/mol. The summed E-state index contributed by atoms with van der Waals surface area (Å²) >= 11 is 0. The highest BCUT2D eigenvalue weighted by molar-refractivity contribution is 6.39. The van der Waals surface area contributed by atoms with Crippen LogP contribution in [0.25, 0.3) is 0 Å². The number of rotatable bonds is 5. The van der Waals surface area contributed by atoms with E-state index in [1.807, 2.05) is 19.1 Å². The fourth-order valence-corrected chi connectivity index (χ4v) is 2.03. The predicted molar refractivity (Wildman–Crippen MR) is 94.8 cm³/mol. The van der Waals surface area contributed by atoms with Crippen LogP contribution in [0.3, 0.4) is 0 Å². The molecular formula is C18H19N3O4. The number of ether oxygens (including phenoxy) is 1. The zero-order valence-electron chi connectivity index (χ0n) is 13.9. The number of carbonyl (C=O) groups is 2. The first-order chi connectivity index (χ1) is 12.0. The first-order valence-corrected chi connectivity index (χ1v) is 7.64. The van der Waals surface area contributed by atoms with Gasteiger partial charge in [0, 0.05) is 11.3 Å². The van der Waals surface area contributed by atoms with Gasteiger partial charge in [0.1, 0.15) is 0 Å². The van der Waals surface area contributed by atoms with Crippen molar-refractivity contribution in [2.45, 2.75) is 13.3 Å². The number of carbonyl (C=O) groups excluding carboxylic acids is 2. The molecule has 130 valence electrons. The number of hydrogen-bond acceptors (Lipinski definition) is 5. The number of hydrogen-bond donors (Lipinski definition) is 3. The Morgan fingerprint density at radius 2 is 1.88 bits per heavy atom. The molecule has 2 rings (SSSR count). The molecule has 0 aliphatic heterocycles. The summed E-state index contributed by atoms with van der Waals surface area (Å²) in [4.78, 5) is 23.6. The van der Waals surface area contributed by atoms with Gasteiger partial charge in [-0.25, -0.2) is 5.43 Å². The minimum absolute atomic E-state index is 0.108. The van der Waals surface area contributed by atoms with Crippen molar-refractivity contribution in [3.8, 4) is 11.5 Å². The number of nitrogens with zero attached hydrogens (tertiary/aromatic N) is 1. The van der Waals surface area contributed by atoms with Crippen molar-refractivity contribution in [1.82, 2.24) is 5.43 Å². The molecule has 0 radical (unpaired) electrons. The molecule has 0 atom stereocenters. The molecule has 7 heteroatoms. The summed E-state index contributed by atoms with van der Waals surface area (Å²) in [5.74, 6) is -1.58. The molecule has 0 spiro atoms. The van der Waals surface area contributed by atoms with Crippen molar-refractivity contribution in [1.29, 1.82) is 0 Å². The van der Waals surface area contributed by atoms with Crippen molar-refractivity contribution < 1.29 is 19.4 Å². The van der Waals surface area contributed by atoms with Gasteiger partial charge in [-0.05, 0) is 36.2 Å². The summed E-state index contributed by atoms with van der Waals surface area (Å²) in [5, 5.41) is 16.0. The highest BCUT2D eigenvalue weighted by Gasteiger charge is 2.13. The third-order valence-electron chi connectivity index (χ3n) is 3.45. The smallest absolute Gasteiger partial charge is 0.329 e. The van der Waals surface area contributed by atoms with E-state index in [2.05, 4.69) is 15.8 Å². The number of para-hydroxylation sites is 1. The van der Waals surface area contributed by atoms with Gasteiger partial charge in [0.15, 0.2) is 11.5 Å². The number of nitrogens with one attached hydrogen (secondary N) is 2. The summed E-state index contributed by atoms with van der Waals surface area (Å²) in [5.41, 5.74) is 4.10. The molecule has 2 aromatic carbocycles. The largest absolute Gasteiger partial charge is 0.504 e. The lowest BCUT2D eigenvalue weighted by molar-refractivity contribution is -0.136. The molecule has 0 fully saturated rings. The van der Waals surface area contributed by atoms with Crippen LogP contribution in [0.2, 0.25) is 0 Å². The molecule has 3 N–H and O–H groups in total.